The lowest BCUT2D eigenvalue weighted by molar-refractivity contribution is -0.142. The van der Waals surface area contributed by atoms with Crippen LogP contribution in [0.3, 0.4) is 0 Å². The summed E-state index contributed by atoms with van der Waals surface area (Å²) in [7, 11) is 1.29. The minimum Gasteiger partial charge on any atom is -0.481 e. The molecule has 1 amide bonds. The molecule has 0 saturated carbocycles. The minimum absolute atomic E-state index is 0.0306. The molecule has 0 aliphatic heterocycles. The third-order valence-electron chi connectivity index (χ3n) is 3.31. The van der Waals surface area contributed by atoms with E-state index < -0.39 is 11.9 Å². The summed E-state index contributed by atoms with van der Waals surface area (Å²) in [4.78, 5) is 23.5. The smallest absolute Gasteiger partial charge is 0.343 e. The Bertz CT molecular complexity index is 920. The zero-order valence-corrected chi connectivity index (χ0v) is 17.9. The van der Waals surface area contributed by atoms with E-state index >= 15 is 0 Å². The first-order valence-electron chi connectivity index (χ1n) is 7.61. The van der Waals surface area contributed by atoms with Crippen LogP contribution in [0.25, 0.3) is 6.08 Å². The third kappa shape index (κ3) is 6.37. The summed E-state index contributed by atoms with van der Waals surface area (Å²) < 4.78 is 11.5. The summed E-state index contributed by atoms with van der Waals surface area (Å²) in [6.45, 7) is -0.194. The van der Waals surface area contributed by atoms with Crippen LogP contribution in [0.15, 0.2) is 52.5 Å². The fourth-order valence-electron chi connectivity index (χ4n) is 1.97. The predicted octanol–water partition coefficient (Wildman–Crippen LogP) is 4.15. The predicted molar refractivity (Wildman–Crippen MR) is 113 cm³/mol. The number of nitrogens with zero attached hydrogens (tertiary/aromatic N) is 1. The highest BCUT2D eigenvalue weighted by atomic mass is 127. The van der Waals surface area contributed by atoms with Gasteiger partial charge < -0.3 is 14.8 Å². The molecular weight excluding hydrogens is 527 g/mol. The largest absolute Gasteiger partial charge is 0.481 e. The highest BCUT2D eigenvalue weighted by molar-refractivity contribution is 14.1. The number of benzene rings is 2. The summed E-state index contributed by atoms with van der Waals surface area (Å²) in [5.74, 6) is -0.469. The summed E-state index contributed by atoms with van der Waals surface area (Å²) in [5.41, 5.74) is 1.22. The van der Waals surface area contributed by atoms with Crippen LogP contribution in [0, 0.1) is 14.9 Å². The van der Waals surface area contributed by atoms with E-state index in [1.807, 2.05) is 28.7 Å². The first-order valence-corrected chi connectivity index (χ1v) is 9.48. The lowest BCUT2D eigenvalue weighted by atomic mass is 10.1. The highest BCUT2D eigenvalue weighted by Crippen LogP contribution is 2.23. The van der Waals surface area contributed by atoms with Gasteiger partial charge in [-0.25, -0.2) is 4.79 Å². The molecule has 0 radical (unpaired) electrons. The number of nitrogens with one attached hydrogen (secondary N) is 1. The zero-order valence-electron chi connectivity index (χ0n) is 14.2. The molecule has 0 atom stereocenters. The van der Waals surface area contributed by atoms with Gasteiger partial charge in [0.15, 0.2) is 6.61 Å². The van der Waals surface area contributed by atoms with E-state index in [0.717, 1.165) is 8.04 Å². The van der Waals surface area contributed by atoms with Gasteiger partial charge in [0, 0.05) is 10.2 Å². The van der Waals surface area contributed by atoms with Crippen molar-refractivity contribution in [2.45, 2.75) is 0 Å². The van der Waals surface area contributed by atoms with Gasteiger partial charge in [-0.3, -0.25) is 4.79 Å². The van der Waals surface area contributed by atoms with Gasteiger partial charge in [-0.05, 0) is 70.6 Å². The fraction of sp³-hybridized carbons (Fsp3) is 0.105. The SMILES string of the molecule is COC(=O)COc1ccc(/C=C(/C#N)C(=O)Nc2ccc(Br)cc2)cc1I. The molecule has 0 heterocycles. The Balaban J connectivity index is 2.13. The molecule has 1 N–H and O–H groups in total. The maximum absolute atomic E-state index is 12.3. The third-order valence-corrected chi connectivity index (χ3v) is 4.68. The van der Waals surface area contributed by atoms with E-state index in [1.54, 1.807) is 42.5 Å². The van der Waals surface area contributed by atoms with Crippen LogP contribution in [0.2, 0.25) is 0 Å². The first-order chi connectivity index (χ1) is 12.9. The Morgan fingerprint density at radius 2 is 1.96 bits per heavy atom. The number of amides is 1. The Morgan fingerprint density at radius 1 is 1.26 bits per heavy atom. The van der Waals surface area contributed by atoms with Crippen molar-refractivity contribution >= 4 is 62.2 Å². The van der Waals surface area contributed by atoms with Crippen molar-refractivity contribution in [3.05, 3.63) is 61.6 Å². The van der Waals surface area contributed by atoms with Crippen molar-refractivity contribution < 1.29 is 19.1 Å². The molecule has 27 heavy (non-hydrogen) atoms. The number of methoxy groups -OCH3 is 1. The van der Waals surface area contributed by atoms with Gasteiger partial charge in [-0.2, -0.15) is 5.26 Å². The fourth-order valence-corrected chi connectivity index (χ4v) is 2.93. The van der Waals surface area contributed by atoms with Gasteiger partial charge in [-0.15, -0.1) is 0 Å². The van der Waals surface area contributed by atoms with Crippen molar-refractivity contribution in [1.29, 1.82) is 5.26 Å². The van der Waals surface area contributed by atoms with Crippen LogP contribution in [-0.2, 0) is 14.3 Å². The van der Waals surface area contributed by atoms with Crippen molar-refractivity contribution in [1.82, 2.24) is 0 Å². The van der Waals surface area contributed by atoms with Gasteiger partial charge in [0.05, 0.1) is 10.7 Å². The molecule has 2 aromatic rings. The van der Waals surface area contributed by atoms with Crippen molar-refractivity contribution in [3.8, 4) is 11.8 Å². The number of carbonyl (C=O) groups excluding carboxylic acids is 2. The summed E-state index contributed by atoms with van der Waals surface area (Å²) in [5, 5.41) is 12.0. The molecular formula is C19H14BrIN2O4. The standard InChI is InChI=1S/C19H14BrIN2O4/c1-26-18(24)11-27-17-7-2-12(9-16(17)21)8-13(10-22)19(25)23-15-5-3-14(20)4-6-15/h2-9H,11H2,1H3,(H,23,25)/b13-8-. The van der Waals surface area contributed by atoms with Crippen LogP contribution in [0.4, 0.5) is 5.69 Å². The minimum atomic E-state index is -0.499. The lowest BCUT2D eigenvalue weighted by Crippen LogP contribution is -2.13. The molecule has 0 bridgehead atoms. The molecule has 2 aromatic carbocycles. The Labute approximate surface area is 178 Å². The topological polar surface area (TPSA) is 88.4 Å². The second-order valence-corrected chi connectivity index (χ2v) is 7.26. The van der Waals surface area contributed by atoms with Crippen LogP contribution < -0.4 is 10.1 Å². The van der Waals surface area contributed by atoms with Crippen molar-refractivity contribution in [2.24, 2.45) is 0 Å². The molecule has 0 spiro atoms. The molecule has 0 saturated heterocycles. The zero-order chi connectivity index (χ0) is 19.8. The maximum atomic E-state index is 12.3. The van der Waals surface area contributed by atoms with E-state index in [9.17, 15) is 14.9 Å². The molecule has 0 aromatic heterocycles. The van der Waals surface area contributed by atoms with Gasteiger partial charge in [0.1, 0.15) is 17.4 Å². The van der Waals surface area contributed by atoms with Gasteiger partial charge >= 0.3 is 5.97 Å². The lowest BCUT2D eigenvalue weighted by Gasteiger charge is -2.08. The van der Waals surface area contributed by atoms with Crippen molar-refractivity contribution in [3.63, 3.8) is 0 Å². The van der Waals surface area contributed by atoms with Crippen LogP contribution in [0.5, 0.6) is 5.75 Å². The number of hydrogen-bond donors (Lipinski definition) is 1. The average molecular weight is 541 g/mol. The molecule has 2 rings (SSSR count). The van der Waals surface area contributed by atoms with Crippen LogP contribution in [-0.4, -0.2) is 25.6 Å². The van der Waals surface area contributed by atoms with E-state index in [0.29, 0.717) is 17.0 Å². The summed E-state index contributed by atoms with van der Waals surface area (Å²) in [6, 6.07) is 14.1. The normalized spacial score (nSPS) is 10.7. The maximum Gasteiger partial charge on any atom is 0.343 e. The molecule has 0 aliphatic carbocycles. The van der Waals surface area contributed by atoms with Crippen LogP contribution >= 0.6 is 38.5 Å². The van der Waals surface area contributed by atoms with E-state index in [4.69, 9.17) is 4.74 Å². The Morgan fingerprint density at radius 3 is 2.56 bits per heavy atom. The second kappa shape index (κ2) is 10.1. The van der Waals surface area contributed by atoms with Crippen LogP contribution in [0.1, 0.15) is 5.56 Å². The quantitative estimate of drug-likeness (QED) is 0.257. The molecule has 0 aliphatic rings. The number of carbonyl (C=O) groups is 2. The monoisotopic (exact) mass is 540 g/mol. The van der Waals surface area contributed by atoms with E-state index in [-0.39, 0.29) is 12.2 Å². The van der Waals surface area contributed by atoms with Crippen molar-refractivity contribution in [2.75, 3.05) is 19.0 Å². The molecule has 6 nitrogen and oxygen atoms in total. The Hall–Kier alpha value is -2.38. The summed E-state index contributed by atoms with van der Waals surface area (Å²) in [6.07, 6.45) is 1.49. The number of rotatable bonds is 6. The van der Waals surface area contributed by atoms with Gasteiger partial charge in [0.2, 0.25) is 0 Å². The highest BCUT2D eigenvalue weighted by Gasteiger charge is 2.11. The molecule has 138 valence electrons. The molecule has 0 unspecified atom stereocenters. The second-order valence-electron chi connectivity index (χ2n) is 5.19. The number of hydrogen-bond acceptors (Lipinski definition) is 5. The number of esters is 1. The number of anilines is 1. The summed E-state index contributed by atoms with van der Waals surface area (Å²) >= 11 is 5.37. The number of ether oxygens (including phenoxy) is 2. The Kier molecular flexibility index (Phi) is 7.82. The van der Waals surface area contributed by atoms with Gasteiger partial charge in [-0.1, -0.05) is 22.0 Å². The van der Waals surface area contributed by atoms with E-state index in [1.165, 1.54) is 13.2 Å². The average Bonchev–Trinajstić information content (AvgIpc) is 2.66. The number of halogens is 2. The van der Waals surface area contributed by atoms with E-state index in [2.05, 4.69) is 26.0 Å². The number of nitriles is 1. The molecule has 0 fully saturated rings. The van der Waals surface area contributed by atoms with Gasteiger partial charge in [0.25, 0.3) is 5.91 Å². The first kappa shape index (κ1) is 20.9. The molecule has 8 heteroatoms.